The number of amides is 1. The van der Waals surface area contributed by atoms with Crippen LogP contribution >= 0.6 is 11.3 Å². The van der Waals surface area contributed by atoms with Crippen LogP contribution in [0.4, 0.5) is 0 Å². The minimum absolute atomic E-state index is 0.0266. The van der Waals surface area contributed by atoms with Gasteiger partial charge in [0.25, 0.3) is 5.56 Å². The lowest BCUT2D eigenvalue weighted by Gasteiger charge is -2.25. The summed E-state index contributed by atoms with van der Waals surface area (Å²) in [5.41, 5.74) is 0.355. The standard InChI is InChI=1S/C25H23N5O6S/c1-2-35-24(33)16-5-3-4-15(12-16)19-7-6-17(36-19)13-18-22(26)30-25(27-23(18)32)37-20(28-30)14-21(31)29-8-10-34-11-9-29/h3-7,12-14,26,28H,2,8-11H2,1H3/b18-13+,20-14+,26-22?. The average Bonchev–Trinajstić information content (AvgIpc) is 3.54. The molecule has 4 heterocycles. The van der Waals surface area contributed by atoms with Gasteiger partial charge in [-0.1, -0.05) is 23.5 Å². The molecule has 190 valence electrons. The summed E-state index contributed by atoms with van der Waals surface area (Å²) in [6.07, 6.45) is 2.87. The first-order valence-corrected chi connectivity index (χ1v) is 12.4. The van der Waals surface area contributed by atoms with E-state index in [2.05, 4.69) is 10.1 Å². The van der Waals surface area contributed by atoms with Gasteiger partial charge in [0.05, 0.1) is 30.6 Å². The number of aromatic nitrogens is 3. The molecule has 3 aliphatic heterocycles. The first-order valence-electron chi connectivity index (χ1n) is 11.6. The maximum Gasteiger partial charge on any atom is 0.338 e. The van der Waals surface area contributed by atoms with Crippen molar-refractivity contribution in [1.29, 1.82) is 5.41 Å². The number of benzene rings is 1. The van der Waals surface area contributed by atoms with E-state index in [1.165, 1.54) is 16.8 Å². The third kappa shape index (κ3) is 5.15. The molecule has 2 N–H and O–H groups in total. The number of carbonyl (C=O) groups is 2. The molecule has 0 radical (unpaired) electrons. The van der Waals surface area contributed by atoms with Crippen molar-refractivity contribution in [3.63, 3.8) is 0 Å². The van der Waals surface area contributed by atoms with Crippen molar-refractivity contribution in [3.8, 4) is 16.5 Å². The number of nitrogens with one attached hydrogen (secondary N) is 2. The number of hydrogen-bond acceptors (Lipinski definition) is 9. The Kier molecular flexibility index (Phi) is 6.84. The van der Waals surface area contributed by atoms with Crippen LogP contribution in [0.2, 0.25) is 0 Å². The molecule has 1 aromatic carbocycles. The molecule has 1 amide bonds. The van der Waals surface area contributed by atoms with Gasteiger partial charge in [0.2, 0.25) is 11.0 Å². The van der Waals surface area contributed by atoms with Crippen LogP contribution in [-0.4, -0.2) is 64.5 Å². The molecule has 1 saturated heterocycles. The summed E-state index contributed by atoms with van der Waals surface area (Å²) < 4.78 is 18.0. The second kappa shape index (κ2) is 10.4. The highest BCUT2D eigenvalue weighted by molar-refractivity contribution is 7.11. The quantitative estimate of drug-likeness (QED) is 0.363. The molecule has 0 aliphatic carbocycles. The lowest BCUT2D eigenvalue weighted by atomic mass is 10.1. The Morgan fingerprint density at radius 3 is 2.84 bits per heavy atom. The minimum Gasteiger partial charge on any atom is -0.462 e. The molecule has 0 unspecified atom stereocenters. The van der Waals surface area contributed by atoms with E-state index in [1.54, 1.807) is 48.2 Å². The molecule has 12 heteroatoms. The van der Waals surface area contributed by atoms with Crippen molar-refractivity contribution in [2.24, 2.45) is 0 Å². The molecular formula is C25H23N5O6S. The highest BCUT2D eigenvalue weighted by atomic mass is 32.1. The number of ether oxygens (including phenoxy) is 2. The summed E-state index contributed by atoms with van der Waals surface area (Å²) in [7, 11) is 0. The van der Waals surface area contributed by atoms with Crippen molar-refractivity contribution < 1.29 is 23.5 Å². The van der Waals surface area contributed by atoms with Gasteiger partial charge < -0.3 is 18.8 Å². The van der Waals surface area contributed by atoms with Gasteiger partial charge in [-0.05, 0) is 37.3 Å². The highest BCUT2D eigenvalue weighted by Crippen LogP contribution is 2.23. The number of aromatic amines is 1. The van der Waals surface area contributed by atoms with E-state index in [9.17, 15) is 14.4 Å². The molecule has 0 bridgehead atoms. The smallest absolute Gasteiger partial charge is 0.338 e. The van der Waals surface area contributed by atoms with Crippen LogP contribution < -0.4 is 20.9 Å². The van der Waals surface area contributed by atoms with Crippen LogP contribution in [0.25, 0.3) is 28.6 Å². The minimum atomic E-state index is -0.589. The van der Waals surface area contributed by atoms with Crippen molar-refractivity contribution in [1.82, 2.24) is 19.7 Å². The first-order chi connectivity index (χ1) is 17.9. The van der Waals surface area contributed by atoms with Gasteiger partial charge in [-0.2, -0.15) is 4.98 Å². The molecule has 3 aliphatic rings. The van der Waals surface area contributed by atoms with Crippen LogP contribution in [0.1, 0.15) is 23.0 Å². The normalized spacial score (nSPS) is 14.9. The largest absolute Gasteiger partial charge is 0.462 e. The van der Waals surface area contributed by atoms with Crippen LogP contribution in [0.3, 0.4) is 0 Å². The number of morpholine rings is 1. The van der Waals surface area contributed by atoms with Crippen LogP contribution in [0.5, 0.6) is 0 Å². The monoisotopic (exact) mass is 521 g/mol. The number of hydrogen-bond donors (Lipinski definition) is 2. The Hall–Kier alpha value is -4.29. The molecule has 37 heavy (non-hydrogen) atoms. The van der Waals surface area contributed by atoms with Crippen molar-refractivity contribution in [2.45, 2.75) is 6.92 Å². The van der Waals surface area contributed by atoms with E-state index in [-0.39, 0.29) is 28.4 Å². The molecule has 0 spiro atoms. The third-order valence-corrected chi connectivity index (χ3v) is 6.56. The topological polar surface area (TPSA) is 144 Å². The predicted octanol–water partition coefficient (Wildman–Crippen LogP) is 0.444. The van der Waals surface area contributed by atoms with Gasteiger partial charge in [0.1, 0.15) is 16.2 Å². The summed E-state index contributed by atoms with van der Waals surface area (Å²) in [6, 6.07) is 10.2. The predicted molar refractivity (Wildman–Crippen MR) is 134 cm³/mol. The van der Waals surface area contributed by atoms with Crippen molar-refractivity contribution in [3.05, 3.63) is 73.4 Å². The molecule has 2 aromatic rings. The highest BCUT2D eigenvalue weighted by Gasteiger charge is 2.16. The maximum absolute atomic E-state index is 12.7. The number of nitrogens with zero attached hydrogens (tertiary/aromatic N) is 3. The van der Waals surface area contributed by atoms with Gasteiger partial charge >= 0.3 is 5.97 Å². The lowest BCUT2D eigenvalue weighted by molar-refractivity contribution is -0.128. The molecule has 1 fully saturated rings. The Bertz CT molecular complexity index is 1670. The molecule has 11 nitrogen and oxygen atoms in total. The number of furan rings is 1. The van der Waals surface area contributed by atoms with E-state index in [1.807, 2.05) is 0 Å². The number of carbonyl (C=O) groups excluding carboxylic acids is 2. The Morgan fingerprint density at radius 1 is 1.24 bits per heavy atom. The Morgan fingerprint density at radius 2 is 2.05 bits per heavy atom. The first kappa shape index (κ1) is 24.4. The SMILES string of the molecule is CCOC(=O)c1cccc(-c2ccc(/C=c3/c(=O)nc4s/c(=C/C(=O)N5CCOCC5)[nH]n-4c3=N)o2)c1. The molecular weight excluding hydrogens is 498 g/mol. The van der Waals surface area contributed by atoms with Gasteiger partial charge in [-0.3, -0.25) is 20.1 Å². The van der Waals surface area contributed by atoms with Crippen LogP contribution in [0.15, 0.2) is 45.6 Å². The third-order valence-electron chi connectivity index (χ3n) is 5.67. The number of H-pyrrole nitrogens is 1. The Balaban J connectivity index is 1.48. The van der Waals surface area contributed by atoms with Crippen molar-refractivity contribution >= 4 is 35.4 Å². The summed E-state index contributed by atoms with van der Waals surface area (Å²) in [5, 5.41) is 11.8. The molecule has 0 atom stereocenters. The van der Waals surface area contributed by atoms with Crippen molar-refractivity contribution in [2.75, 3.05) is 32.9 Å². The number of fused-ring (bicyclic) bond motifs is 1. The second-order valence-corrected chi connectivity index (χ2v) is 9.11. The zero-order chi connectivity index (χ0) is 25.9. The molecule has 0 saturated carbocycles. The zero-order valence-corrected chi connectivity index (χ0v) is 20.7. The van der Waals surface area contributed by atoms with Gasteiger partial charge in [-0.25, -0.2) is 9.48 Å². The summed E-state index contributed by atoms with van der Waals surface area (Å²) in [5.74, 6) is 0.221. The number of esters is 1. The van der Waals surface area contributed by atoms with E-state index in [4.69, 9.17) is 19.3 Å². The summed E-state index contributed by atoms with van der Waals surface area (Å²) >= 11 is 1.11. The average molecular weight is 522 g/mol. The van der Waals surface area contributed by atoms with Gasteiger partial charge in [-0.15, -0.1) is 0 Å². The Labute approximate surface area is 213 Å². The molecule has 5 rings (SSSR count). The van der Waals surface area contributed by atoms with E-state index in [0.29, 0.717) is 53.6 Å². The molecule has 1 aromatic heterocycles. The van der Waals surface area contributed by atoms with Gasteiger partial charge in [0.15, 0.2) is 5.49 Å². The van der Waals surface area contributed by atoms with E-state index in [0.717, 1.165) is 11.3 Å². The van der Waals surface area contributed by atoms with Gasteiger partial charge in [0, 0.05) is 24.7 Å². The second-order valence-electron chi connectivity index (χ2n) is 8.10. The fourth-order valence-electron chi connectivity index (χ4n) is 3.84. The number of rotatable bonds is 5. The van der Waals surface area contributed by atoms with Crippen LogP contribution in [-0.2, 0) is 14.3 Å². The maximum atomic E-state index is 12.7. The van der Waals surface area contributed by atoms with Crippen LogP contribution in [0, 0.1) is 5.41 Å². The lowest BCUT2D eigenvalue weighted by Crippen LogP contribution is -2.47. The fourth-order valence-corrected chi connectivity index (χ4v) is 4.69. The summed E-state index contributed by atoms with van der Waals surface area (Å²) in [4.78, 5) is 43.0. The summed E-state index contributed by atoms with van der Waals surface area (Å²) in [6.45, 7) is 4.02. The fraction of sp³-hybridized carbons (Fsp3) is 0.240. The van der Waals surface area contributed by atoms with E-state index < -0.39 is 11.5 Å². The zero-order valence-electron chi connectivity index (χ0n) is 19.9. The van der Waals surface area contributed by atoms with E-state index >= 15 is 0 Å².